The molecule has 1 aliphatic rings. The Bertz CT molecular complexity index is 401. The molecule has 3 amide bonds. The second-order valence-corrected chi connectivity index (χ2v) is 5.98. The van der Waals surface area contributed by atoms with Crippen molar-refractivity contribution in [2.45, 2.75) is 52.5 Å². The first-order valence-electron chi connectivity index (χ1n) is 8.20. The predicted octanol–water partition coefficient (Wildman–Crippen LogP) is 1.01. The maximum atomic E-state index is 12.6. The number of rotatable bonds is 7. The number of nitrogens with one attached hydrogen (secondary N) is 1. The molecule has 6 nitrogen and oxygen atoms in total. The number of amides is 3. The fraction of sp³-hybridized carbons (Fsp3) is 0.812. The topological polar surface area (TPSA) is 69.7 Å². The van der Waals surface area contributed by atoms with E-state index in [1.807, 2.05) is 13.8 Å². The molecule has 126 valence electrons. The van der Waals surface area contributed by atoms with Gasteiger partial charge in [-0.15, -0.1) is 0 Å². The van der Waals surface area contributed by atoms with Gasteiger partial charge in [0, 0.05) is 27.1 Å². The first kappa shape index (κ1) is 18.5. The first-order valence-corrected chi connectivity index (χ1v) is 8.20. The van der Waals surface area contributed by atoms with Gasteiger partial charge in [-0.1, -0.05) is 12.8 Å². The van der Waals surface area contributed by atoms with E-state index in [4.69, 9.17) is 0 Å². The van der Waals surface area contributed by atoms with Gasteiger partial charge in [0.2, 0.25) is 17.7 Å². The molecule has 0 saturated heterocycles. The molecule has 1 atom stereocenters. The van der Waals surface area contributed by atoms with Crippen LogP contribution < -0.4 is 5.32 Å². The first-order chi connectivity index (χ1) is 10.4. The molecular weight excluding hydrogens is 282 g/mol. The lowest BCUT2D eigenvalue weighted by Crippen LogP contribution is -2.52. The molecule has 0 bridgehead atoms. The molecule has 1 aliphatic carbocycles. The minimum Gasteiger partial charge on any atom is -0.344 e. The van der Waals surface area contributed by atoms with Crippen LogP contribution in [0.3, 0.4) is 0 Å². The Balaban J connectivity index is 2.71. The zero-order valence-corrected chi connectivity index (χ0v) is 14.2. The quantitative estimate of drug-likeness (QED) is 0.763. The molecule has 0 radical (unpaired) electrons. The smallest absolute Gasteiger partial charge is 0.245 e. The zero-order chi connectivity index (χ0) is 16.7. The van der Waals surface area contributed by atoms with Crippen LogP contribution in [0.5, 0.6) is 0 Å². The summed E-state index contributed by atoms with van der Waals surface area (Å²) in [5.41, 5.74) is 0. The maximum Gasteiger partial charge on any atom is 0.245 e. The van der Waals surface area contributed by atoms with E-state index < -0.39 is 6.04 Å². The molecule has 0 aromatic rings. The van der Waals surface area contributed by atoms with Crippen LogP contribution in [0.15, 0.2) is 0 Å². The molecule has 1 fully saturated rings. The van der Waals surface area contributed by atoms with Crippen molar-refractivity contribution >= 4 is 17.7 Å². The lowest BCUT2D eigenvalue weighted by Gasteiger charge is -2.29. The normalized spacial score (nSPS) is 16.2. The van der Waals surface area contributed by atoms with Crippen molar-refractivity contribution in [1.82, 2.24) is 15.1 Å². The summed E-state index contributed by atoms with van der Waals surface area (Å²) in [5, 5.41) is 2.78. The second kappa shape index (κ2) is 8.76. The van der Waals surface area contributed by atoms with E-state index in [-0.39, 0.29) is 30.2 Å². The van der Waals surface area contributed by atoms with E-state index in [0.717, 1.165) is 25.7 Å². The van der Waals surface area contributed by atoms with Crippen molar-refractivity contribution in [1.29, 1.82) is 0 Å². The lowest BCUT2D eigenvalue weighted by atomic mass is 9.96. The summed E-state index contributed by atoms with van der Waals surface area (Å²) in [5.74, 6) is -0.243. The third-order valence-electron chi connectivity index (χ3n) is 4.36. The average molecular weight is 311 g/mol. The van der Waals surface area contributed by atoms with Crippen LogP contribution in [0.1, 0.15) is 46.5 Å². The van der Waals surface area contributed by atoms with Crippen LogP contribution >= 0.6 is 0 Å². The van der Waals surface area contributed by atoms with Crippen LogP contribution in [0.4, 0.5) is 0 Å². The highest BCUT2D eigenvalue weighted by atomic mass is 16.2. The Hall–Kier alpha value is -1.59. The molecule has 0 spiro atoms. The molecule has 22 heavy (non-hydrogen) atoms. The third kappa shape index (κ3) is 5.00. The standard InChI is InChI=1S/C16H29N3O3/c1-5-19(6-2)14(21)11-18(4)16(22)15(17-12(3)20)13-9-7-8-10-13/h13,15H,5-11H2,1-4H3,(H,17,20). The highest BCUT2D eigenvalue weighted by Gasteiger charge is 2.33. The number of hydrogen-bond donors (Lipinski definition) is 1. The van der Waals surface area contributed by atoms with E-state index in [9.17, 15) is 14.4 Å². The molecule has 0 aliphatic heterocycles. The maximum absolute atomic E-state index is 12.6. The number of likely N-dealkylation sites (N-methyl/N-ethyl adjacent to an activating group) is 2. The van der Waals surface area contributed by atoms with E-state index >= 15 is 0 Å². The van der Waals surface area contributed by atoms with Crippen LogP contribution in [-0.2, 0) is 14.4 Å². The summed E-state index contributed by atoms with van der Waals surface area (Å²) in [6.45, 7) is 6.59. The SMILES string of the molecule is CCN(CC)C(=O)CN(C)C(=O)C(NC(C)=O)C1CCCC1. The highest BCUT2D eigenvalue weighted by Crippen LogP contribution is 2.28. The van der Waals surface area contributed by atoms with Gasteiger partial charge in [-0.3, -0.25) is 14.4 Å². The lowest BCUT2D eigenvalue weighted by molar-refractivity contribution is -0.142. The van der Waals surface area contributed by atoms with Gasteiger partial charge in [0.25, 0.3) is 0 Å². The Morgan fingerprint density at radius 3 is 2.14 bits per heavy atom. The van der Waals surface area contributed by atoms with Gasteiger partial charge in [0.15, 0.2) is 0 Å². The largest absolute Gasteiger partial charge is 0.344 e. The summed E-state index contributed by atoms with van der Waals surface area (Å²) in [6.07, 6.45) is 4.09. The van der Waals surface area contributed by atoms with E-state index in [0.29, 0.717) is 13.1 Å². The van der Waals surface area contributed by atoms with Gasteiger partial charge < -0.3 is 15.1 Å². The van der Waals surface area contributed by atoms with Crippen LogP contribution in [-0.4, -0.2) is 60.2 Å². The average Bonchev–Trinajstić information content (AvgIpc) is 2.99. The van der Waals surface area contributed by atoms with Gasteiger partial charge in [-0.05, 0) is 32.6 Å². The molecule has 6 heteroatoms. The minimum atomic E-state index is -0.505. The molecule has 0 heterocycles. The molecule has 0 aromatic heterocycles. The Labute approximate surface area is 133 Å². The van der Waals surface area contributed by atoms with E-state index in [1.165, 1.54) is 11.8 Å². The Morgan fingerprint density at radius 2 is 1.68 bits per heavy atom. The van der Waals surface area contributed by atoms with Gasteiger partial charge in [0.05, 0.1) is 6.54 Å². The van der Waals surface area contributed by atoms with Gasteiger partial charge >= 0.3 is 0 Å². The van der Waals surface area contributed by atoms with Crippen molar-refractivity contribution in [2.24, 2.45) is 5.92 Å². The third-order valence-corrected chi connectivity index (χ3v) is 4.36. The Morgan fingerprint density at radius 1 is 1.14 bits per heavy atom. The van der Waals surface area contributed by atoms with Gasteiger partial charge in [-0.25, -0.2) is 0 Å². The fourth-order valence-corrected chi connectivity index (χ4v) is 3.09. The molecular formula is C16H29N3O3. The van der Waals surface area contributed by atoms with Crippen molar-refractivity contribution < 1.29 is 14.4 Å². The van der Waals surface area contributed by atoms with Gasteiger partial charge in [0.1, 0.15) is 6.04 Å². The van der Waals surface area contributed by atoms with Crippen LogP contribution in [0, 0.1) is 5.92 Å². The number of carbonyl (C=O) groups excluding carboxylic acids is 3. The van der Waals surface area contributed by atoms with Crippen molar-refractivity contribution in [3.8, 4) is 0 Å². The summed E-state index contributed by atoms with van der Waals surface area (Å²) in [6, 6.07) is -0.505. The number of carbonyl (C=O) groups is 3. The van der Waals surface area contributed by atoms with Crippen molar-refractivity contribution in [3.05, 3.63) is 0 Å². The zero-order valence-electron chi connectivity index (χ0n) is 14.2. The number of hydrogen-bond acceptors (Lipinski definition) is 3. The second-order valence-electron chi connectivity index (χ2n) is 5.98. The number of nitrogens with zero attached hydrogens (tertiary/aromatic N) is 2. The molecule has 1 unspecified atom stereocenters. The summed E-state index contributed by atoms with van der Waals surface area (Å²) < 4.78 is 0. The van der Waals surface area contributed by atoms with Gasteiger partial charge in [-0.2, -0.15) is 0 Å². The van der Waals surface area contributed by atoms with Crippen LogP contribution in [0.25, 0.3) is 0 Å². The molecule has 0 aromatic carbocycles. The molecule has 1 saturated carbocycles. The minimum absolute atomic E-state index is 0.0588. The summed E-state index contributed by atoms with van der Waals surface area (Å²) in [7, 11) is 1.63. The van der Waals surface area contributed by atoms with Crippen LogP contribution in [0.2, 0.25) is 0 Å². The summed E-state index contributed by atoms with van der Waals surface area (Å²) >= 11 is 0. The van der Waals surface area contributed by atoms with Crippen molar-refractivity contribution in [3.63, 3.8) is 0 Å². The fourth-order valence-electron chi connectivity index (χ4n) is 3.09. The van der Waals surface area contributed by atoms with Crippen molar-refractivity contribution in [2.75, 3.05) is 26.7 Å². The highest BCUT2D eigenvalue weighted by molar-refractivity contribution is 5.90. The Kier molecular flexibility index (Phi) is 7.35. The van der Waals surface area contributed by atoms with E-state index in [2.05, 4.69) is 5.32 Å². The molecule has 1 N–H and O–H groups in total. The predicted molar refractivity (Wildman–Crippen MR) is 85.1 cm³/mol. The summed E-state index contributed by atoms with van der Waals surface area (Å²) in [4.78, 5) is 39.3. The van der Waals surface area contributed by atoms with E-state index in [1.54, 1.807) is 11.9 Å². The molecule has 1 rings (SSSR count). The monoisotopic (exact) mass is 311 g/mol.